The number of benzene rings is 2. The number of carboxylic acid groups (broad SMARTS) is 1. The third kappa shape index (κ3) is 8.04. The number of aryl methyl sites for hydroxylation is 1. The SMILES string of the molecule is O=C(O)C(F)(F)F.[2H]C1([2H])Oc2ccc(CNC(=O)N(Cc3ccc(F)cc3F)C3CCN(C)CC3)cc2C1([2H])[2H]. The summed E-state index contributed by atoms with van der Waals surface area (Å²) in [4.78, 5) is 25.8. The van der Waals surface area contributed by atoms with Crippen molar-refractivity contribution in [3.8, 4) is 5.75 Å². The molecule has 0 radical (unpaired) electrons. The number of aliphatic carboxylic acids is 1. The standard InChI is InChI=1S/C23H27F2N3O2.C2HF3O2/c1-27-9-6-20(7-10-27)28(15-18-3-4-19(24)13-21(18)25)23(29)26-14-16-2-5-22-17(12-16)8-11-30-22;3-2(4,5)1(6)7/h2-5,12-13,20H,6-11,14-15H2,1H3,(H,26,29);(H,6,7)/i8D2,11D2;. The van der Waals surface area contributed by atoms with Crippen molar-refractivity contribution in [1.29, 1.82) is 0 Å². The van der Waals surface area contributed by atoms with Gasteiger partial charge in [-0.05, 0) is 56.2 Å². The highest BCUT2D eigenvalue weighted by Crippen LogP contribution is 2.26. The lowest BCUT2D eigenvalue weighted by atomic mass is 10.0. The number of carbonyl (C=O) groups excluding carboxylic acids is 1. The van der Waals surface area contributed by atoms with Crippen molar-refractivity contribution in [3.05, 3.63) is 64.7 Å². The highest BCUT2D eigenvalue weighted by molar-refractivity contribution is 5.74. The number of halogens is 5. The van der Waals surface area contributed by atoms with Crippen molar-refractivity contribution < 1.29 is 46.9 Å². The molecule has 0 saturated carbocycles. The van der Waals surface area contributed by atoms with Gasteiger partial charge in [0.1, 0.15) is 17.4 Å². The average molecular weight is 534 g/mol. The summed E-state index contributed by atoms with van der Waals surface area (Å²) in [5, 5.41) is 9.94. The molecule has 2 aromatic rings. The van der Waals surface area contributed by atoms with Gasteiger partial charge in [0.15, 0.2) is 0 Å². The van der Waals surface area contributed by atoms with Crippen LogP contribution in [0.4, 0.5) is 26.7 Å². The number of carboxylic acids is 1. The van der Waals surface area contributed by atoms with E-state index in [-0.39, 0.29) is 36.0 Å². The van der Waals surface area contributed by atoms with Gasteiger partial charge in [-0.1, -0.05) is 18.2 Å². The van der Waals surface area contributed by atoms with Gasteiger partial charge in [-0.3, -0.25) is 0 Å². The van der Waals surface area contributed by atoms with Crippen LogP contribution in [0.1, 0.15) is 35.0 Å². The van der Waals surface area contributed by atoms with Gasteiger partial charge in [0, 0.05) is 33.3 Å². The summed E-state index contributed by atoms with van der Waals surface area (Å²) < 4.78 is 96.2. The third-order valence-electron chi connectivity index (χ3n) is 5.82. The van der Waals surface area contributed by atoms with E-state index in [0.29, 0.717) is 5.56 Å². The van der Waals surface area contributed by atoms with Crippen molar-refractivity contribution in [2.45, 2.75) is 44.5 Å². The number of hydrogen-bond acceptors (Lipinski definition) is 4. The minimum absolute atomic E-state index is 0.00683. The molecule has 0 unspecified atom stereocenters. The second kappa shape index (κ2) is 12.2. The minimum atomic E-state index is -5.08. The number of rotatable bonds is 5. The first kappa shape index (κ1) is 22.8. The molecule has 2 aromatic carbocycles. The van der Waals surface area contributed by atoms with E-state index >= 15 is 0 Å². The Hall–Kier alpha value is -3.41. The number of urea groups is 1. The van der Waals surface area contributed by atoms with E-state index in [9.17, 15) is 26.7 Å². The highest BCUT2D eigenvalue weighted by Gasteiger charge is 2.38. The number of amides is 2. The van der Waals surface area contributed by atoms with E-state index in [1.165, 1.54) is 24.3 Å². The van der Waals surface area contributed by atoms with Crippen LogP contribution in [-0.2, 0) is 24.3 Å². The Balaban J connectivity index is 0.000000587. The first-order valence-corrected chi connectivity index (χ1v) is 11.2. The Kier molecular flexibility index (Phi) is 7.52. The molecule has 0 bridgehead atoms. The van der Waals surface area contributed by atoms with Gasteiger partial charge < -0.3 is 25.0 Å². The van der Waals surface area contributed by atoms with Crippen LogP contribution in [0.5, 0.6) is 5.75 Å². The monoisotopic (exact) mass is 533 g/mol. The van der Waals surface area contributed by atoms with E-state index in [1.54, 1.807) is 11.0 Å². The average Bonchev–Trinajstić information content (AvgIpc) is 3.05. The fraction of sp³-hybridized carbons (Fsp3) is 0.440. The van der Waals surface area contributed by atoms with Crippen LogP contribution in [0.2, 0.25) is 0 Å². The van der Waals surface area contributed by atoms with Crippen LogP contribution < -0.4 is 10.1 Å². The molecule has 1 fully saturated rings. The van der Waals surface area contributed by atoms with Crippen LogP contribution >= 0.6 is 0 Å². The van der Waals surface area contributed by atoms with E-state index in [4.69, 9.17) is 20.1 Å². The Bertz CT molecular complexity index is 1270. The first-order valence-electron chi connectivity index (χ1n) is 13.2. The van der Waals surface area contributed by atoms with E-state index in [1.807, 2.05) is 7.05 Å². The molecule has 12 heteroatoms. The zero-order valence-corrected chi connectivity index (χ0v) is 19.7. The summed E-state index contributed by atoms with van der Waals surface area (Å²) in [6.45, 7) is -0.834. The second-order valence-corrected chi connectivity index (χ2v) is 8.52. The highest BCUT2D eigenvalue weighted by atomic mass is 19.4. The molecule has 0 atom stereocenters. The molecule has 2 N–H and O–H groups in total. The first-order chi connectivity index (χ1) is 18.9. The molecule has 0 aromatic heterocycles. The van der Waals surface area contributed by atoms with Gasteiger partial charge in [0.05, 0.1) is 15.8 Å². The summed E-state index contributed by atoms with van der Waals surface area (Å²) in [5.74, 6) is -4.01. The maximum absolute atomic E-state index is 14.3. The topological polar surface area (TPSA) is 82.1 Å². The summed E-state index contributed by atoms with van der Waals surface area (Å²) in [6.07, 6.45) is -5.97. The molecular formula is C25H28F5N3O4. The van der Waals surface area contributed by atoms with Crippen LogP contribution in [0.25, 0.3) is 0 Å². The normalized spacial score (nSPS) is 20.1. The van der Waals surface area contributed by atoms with Crippen LogP contribution in [0.15, 0.2) is 36.4 Å². The molecule has 2 aliphatic rings. The summed E-state index contributed by atoms with van der Waals surface area (Å²) >= 11 is 0. The number of nitrogens with one attached hydrogen (secondary N) is 1. The molecule has 2 amide bonds. The minimum Gasteiger partial charge on any atom is -0.493 e. The van der Waals surface area contributed by atoms with Crippen molar-refractivity contribution in [1.82, 2.24) is 15.1 Å². The lowest BCUT2D eigenvalue weighted by Gasteiger charge is -2.37. The van der Waals surface area contributed by atoms with Crippen LogP contribution in [0, 0.1) is 11.6 Å². The second-order valence-electron chi connectivity index (χ2n) is 8.52. The third-order valence-corrected chi connectivity index (χ3v) is 5.82. The molecule has 2 heterocycles. The van der Waals surface area contributed by atoms with Gasteiger partial charge in [-0.15, -0.1) is 0 Å². The molecule has 37 heavy (non-hydrogen) atoms. The van der Waals surface area contributed by atoms with Gasteiger partial charge in [0.2, 0.25) is 0 Å². The van der Waals surface area contributed by atoms with Crippen molar-refractivity contribution in [2.75, 3.05) is 26.7 Å². The lowest BCUT2D eigenvalue weighted by Crippen LogP contribution is -2.49. The molecule has 4 rings (SSSR count). The zero-order chi connectivity index (χ0) is 30.8. The number of fused-ring (bicyclic) bond motifs is 1. The molecule has 1 saturated heterocycles. The summed E-state index contributed by atoms with van der Waals surface area (Å²) in [5.41, 5.74) is 0.888. The van der Waals surface area contributed by atoms with Crippen molar-refractivity contribution >= 4 is 12.0 Å². The number of ether oxygens (including phenoxy) is 1. The van der Waals surface area contributed by atoms with E-state index in [2.05, 4.69) is 10.2 Å². The molecule has 202 valence electrons. The molecule has 7 nitrogen and oxygen atoms in total. The van der Waals surface area contributed by atoms with Crippen LogP contribution in [-0.4, -0.2) is 65.8 Å². The zero-order valence-electron chi connectivity index (χ0n) is 23.7. The number of hydrogen-bond donors (Lipinski definition) is 2. The van der Waals surface area contributed by atoms with Gasteiger partial charge in [-0.25, -0.2) is 18.4 Å². The molecule has 0 spiro atoms. The largest absolute Gasteiger partial charge is 0.493 e. The van der Waals surface area contributed by atoms with Gasteiger partial charge in [0.25, 0.3) is 0 Å². The smallest absolute Gasteiger partial charge is 0.490 e. The maximum Gasteiger partial charge on any atom is 0.490 e. The van der Waals surface area contributed by atoms with Crippen molar-refractivity contribution in [3.63, 3.8) is 0 Å². The predicted molar refractivity (Wildman–Crippen MR) is 124 cm³/mol. The molecule has 0 aliphatic carbocycles. The van der Waals surface area contributed by atoms with Gasteiger partial charge in [-0.2, -0.15) is 13.2 Å². The number of nitrogens with zero attached hydrogens (tertiary/aromatic N) is 2. The van der Waals surface area contributed by atoms with E-state index < -0.39 is 42.7 Å². The Morgan fingerprint density at radius 1 is 1.19 bits per heavy atom. The maximum atomic E-state index is 14.3. The number of likely N-dealkylation sites (tertiary alicyclic amines) is 1. The Morgan fingerprint density at radius 3 is 2.49 bits per heavy atom. The fourth-order valence-electron chi connectivity index (χ4n) is 3.80. The number of carbonyl (C=O) groups is 2. The summed E-state index contributed by atoms with van der Waals surface area (Å²) in [7, 11) is 2.00. The predicted octanol–water partition coefficient (Wildman–Crippen LogP) is 4.34. The molecular weight excluding hydrogens is 501 g/mol. The Labute approximate surface area is 216 Å². The fourth-order valence-corrected chi connectivity index (χ4v) is 3.80. The lowest BCUT2D eigenvalue weighted by molar-refractivity contribution is -0.192. The molecule has 2 aliphatic heterocycles. The number of alkyl halides is 3. The Morgan fingerprint density at radius 2 is 1.86 bits per heavy atom. The van der Waals surface area contributed by atoms with Crippen LogP contribution in [0.3, 0.4) is 0 Å². The van der Waals surface area contributed by atoms with E-state index in [0.717, 1.165) is 32.0 Å². The summed E-state index contributed by atoms with van der Waals surface area (Å²) in [6, 6.07) is 7.40. The number of piperidine rings is 1. The van der Waals surface area contributed by atoms with Crippen molar-refractivity contribution in [2.24, 2.45) is 0 Å². The quantitative estimate of drug-likeness (QED) is 0.559. The van der Waals surface area contributed by atoms with Gasteiger partial charge >= 0.3 is 18.2 Å².